The van der Waals surface area contributed by atoms with Crippen molar-refractivity contribution < 1.29 is 9.47 Å². The maximum absolute atomic E-state index is 6.09. The Morgan fingerprint density at radius 3 is 2.96 bits per heavy atom. The van der Waals surface area contributed by atoms with Crippen LogP contribution in [-0.2, 0) is 11.5 Å². The summed E-state index contributed by atoms with van der Waals surface area (Å²) in [5.74, 6) is 0.676. The number of rotatable bonds is 7. The number of fused-ring (bicyclic) bond motifs is 1. The van der Waals surface area contributed by atoms with Crippen LogP contribution in [0.3, 0.4) is 0 Å². The van der Waals surface area contributed by atoms with Crippen LogP contribution in [0.15, 0.2) is 18.6 Å². The van der Waals surface area contributed by atoms with Crippen molar-refractivity contribution in [2.24, 2.45) is 0 Å². The van der Waals surface area contributed by atoms with Crippen LogP contribution in [0.4, 0.5) is 0 Å². The normalized spacial score (nSPS) is 18.9. The second-order valence-corrected chi connectivity index (χ2v) is 13.3. The molecular weight excluding hydrogens is 320 g/mol. The summed E-state index contributed by atoms with van der Waals surface area (Å²) in [6.07, 6.45) is 5.98. The van der Waals surface area contributed by atoms with E-state index < -0.39 is 8.07 Å². The molecule has 6 nitrogen and oxygen atoms in total. The van der Waals surface area contributed by atoms with Crippen molar-refractivity contribution in [1.82, 2.24) is 19.9 Å². The van der Waals surface area contributed by atoms with Crippen LogP contribution in [0.1, 0.15) is 12.8 Å². The second-order valence-electron chi connectivity index (χ2n) is 7.64. The van der Waals surface area contributed by atoms with Gasteiger partial charge in [-0.15, -0.1) is 0 Å². The van der Waals surface area contributed by atoms with Gasteiger partial charge in [0.2, 0.25) is 5.88 Å². The molecule has 0 saturated carbocycles. The lowest BCUT2D eigenvalue weighted by Gasteiger charge is -2.23. The van der Waals surface area contributed by atoms with Crippen molar-refractivity contribution in [3.63, 3.8) is 0 Å². The molecule has 2 aromatic heterocycles. The van der Waals surface area contributed by atoms with Crippen molar-refractivity contribution in [1.29, 1.82) is 0 Å². The van der Waals surface area contributed by atoms with Gasteiger partial charge in [-0.05, 0) is 31.5 Å². The van der Waals surface area contributed by atoms with E-state index in [9.17, 15) is 0 Å². The van der Waals surface area contributed by atoms with E-state index >= 15 is 0 Å². The lowest BCUT2D eigenvalue weighted by molar-refractivity contribution is 0.0898. The fourth-order valence-corrected chi connectivity index (χ4v) is 3.55. The minimum atomic E-state index is -1.05. The van der Waals surface area contributed by atoms with E-state index in [0.717, 1.165) is 43.6 Å². The van der Waals surface area contributed by atoms with Crippen molar-refractivity contribution in [3.05, 3.63) is 18.6 Å². The van der Waals surface area contributed by atoms with E-state index in [1.54, 1.807) is 6.33 Å². The molecule has 0 bridgehead atoms. The zero-order valence-corrected chi connectivity index (χ0v) is 15.9. The Morgan fingerprint density at radius 1 is 1.33 bits per heavy atom. The molecule has 0 aromatic carbocycles. The molecule has 0 aliphatic carbocycles. The summed E-state index contributed by atoms with van der Waals surface area (Å²) in [5, 5.41) is 4.32. The number of piperidine rings is 1. The number of aromatic nitrogens is 3. The molecule has 2 aromatic rings. The predicted molar refractivity (Wildman–Crippen MR) is 98.2 cm³/mol. The summed E-state index contributed by atoms with van der Waals surface area (Å²) < 4.78 is 13.9. The van der Waals surface area contributed by atoms with Gasteiger partial charge in [0.15, 0.2) is 0 Å². The highest BCUT2D eigenvalue weighted by molar-refractivity contribution is 6.76. The minimum absolute atomic E-state index is 0.188. The highest BCUT2D eigenvalue weighted by Gasteiger charge is 2.18. The Kier molecular flexibility index (Phi) is 5.52. The van der Waals surface area contributed by atoms with E-state index in [2.05, 4.69) is 34.9 Å². The predicted octanol–water partition coefficient (Wildman–Crippen LogP) is 2.87. The minimum Gasteiger partial charge on any atom is -0.472 e. The number of hydrogen-bond donors (Lipinski definition) is 1. The zero-order valence-electron chi connectivity index (χ0n) is 14.9. The molecule has 1 N–H and O–H groups in total. The Hall–Kier alpha value is -1.44. The average molecular weight is 349 g/mol. The van der Waals surface area contributed by atoms with Crippen LogP contribution in [0.2, 0.25) is 25.7 Å². The van der Waals surface area contributed by atoms with Crippen molar-refractivity contribution in [3.8, 4) is 5.88 Å². The molecule has 0 spiro atoms. The molecule has 0 unspecified atom stereocenters. The lowest BCUT2D eigenvalue weighted by Crippen LogP contribution is -2.37. The summed E-state index contributed by atoms with van der Waals surface area (Å²) in [6, 6.07) is 3.19. The fourth-order valence-electron chi connectivity index (χ4n) is 2.80. The van der Waals surface area contributed by atoms with E-state index in [-0.39, 0.29) is 6.10 Å². The highest BCUT2D eigenvalue weighted by atomic mass is 28.3. The van der Waals surface area contributed by atoms with Crippen molar-refractivity contribution >= 4 is 19.1 Å². The molecule has 1 saturated heterocycles. The quantitative estimate of drug-likeness (QED) is 0.616. The molecule has 132 valence electrons. The van der Waals surface area contributed by atoms with Gasteiger partial charge in [0.1, 0.15) is 24.8 Å². The van der Waals surface area contributed by atoms with Crippen molar-refractivity contribution in [2.45, 2.75) is 51.4 Å². The number of nitrogens with zero attached hydrogens (tertiary/aromatic N) is 3. The maximum Gasteiger partial charge on any atom is 0.226 e. The largest absolute Gasteiger partial charge is 0.472 e. The fraction of sp³-hybridized carbons (Fsp3) is 0.647. The SMILES string of the molecule is C[Si](C)(C)CCOCn1ccc2c(O[C@@H]3CCCNC3)ncnc21. The summed E-state index contributed by atoms with van der Waals surface area (Å²) in [5.41, 5.74) is 0.872. The third-order valence-corrected chi connectivity index (χ3v) is 5.98. The van der Waals surface area contributed by atoms with Gasteiger partial charge in [0.25, 0.3) is 0 Å². The molecular formula is C17H28N4O2Si. The first-order valence-electron chi connectivity index (χ1n) is 8.78. The topological polar surface area (TPSA) is 61.2 Å². The van der Waals surface area contributed by atoms with Crippen LogP contribution in [0, 0.1) is 0 Å². The molecule has 1 aliphatic rings. The standard InChI is InChI=1S/C17H28N4O2Si/c1-24(2,3)10-9-22-13-21-8-6-15-16(21)19-12-20-17(15)23-14-5-4-7-18-11-14/h6,8,12,14,18H,4-5,7,9-11,13H2,1-3H3/t14-/m1/s1. The third kappa shape index (κ3) is 4.55. The number of ether oxygens (including phenoxy) is 2. The Morgan fingerprint density at radius 2 is 2.21 bits per heavy atom. The third-order valence-electron chi connectivity index (χ3n) is 4.28. The molecule has 3 heterocycles. The van der Waals surface area contributed by atoms with Gasteiger partial charge >= 0.3 is 0 Å². The van der Waals surface area contributed by atoms with Crippen LogP contribution >= 0.6 is 0 Å². The molecule has 0 radical (unpaired) electrons. The van der Waals surface area contributed by atoms with Gasteiger partial charge in [-0.1, -0.05) is 19.6 Å². The Balaban J connectivity index is 1.65. The van der Waals surface area contributed by atoms with E-state index in [1.165, 1.54) is 6.04 Å². The summed E-state index contributed by atoms with van der Waals surface area (Å²) >= 11 is 0. The van der Waals surface area contributed by atoms with Gasteiger partial charge in [-0.2, -0.15) is 0 Å². The highest BCUT2D eigenvalue weighted by Crippen LogP contribution is 2.24. The summed E-state index contributed by atoms with van der Waals surface area (Å²) in [4.78, 5) is 8.74. The molecule has 24 heavy (non-hydrogen) atoms. The van der Waals surface area contributed by atoms with Crippen LogP contribution in [0.5, 0.6) is 5.88 Å². The Labute approximate surface area is 144 Å². The monoisotopic (exact) mass is 348 g/mol. The van der Waals surface area contributed by atoms with E-state index in [1.807, 2.05) is 16.8 Å². The Bertz CT molecular complexity index is 662. The van der Waals surface area contributed by atoms with Crippen LogP contribution < -0.4 is 10.1 Å². The van der Waals surface area contributed by atoms with Crippen LogP contribution in [0.25, 0.3) is 11.0 Å². The smallest absolute Gasteiger partial charge is 0.226 e. The molecule has 1 fully saturated rings. The maximum atomic E-state index is 6.09. The van der Waals surface area contributed by atoms with Crippen LogP contribution in [-0.4, -0.2) is 48.4 Å². The van der Waals surface area contributed by atoms with Gasteiger partial charge < -0.3 is 19.4 Å². The lowest BCUT2D eigenvalue weighted by atomic mass is 10.1. The number of nitrogens with one attached hydrogen (secondary N) is 1. The molecule has 0 amide bonds. The molecule has 1 aliphatic heterocycles. The first kappa shape index (κ1) is 17.4. The van der Waals surface area contributed by atoms with Gasteiger partial charge in [0, 0.05) is 27.4 Å². The molecule has 1 atom stereocenters. The number of hydrogen-bond acceptors (Lipinski definition) is 5. The molecule has 3 rings (SSSR count). The first-order chi connectivity index (χ1) is 11.5. The van der Waals surface area contributed by atoms with Crippen molar-refractivity contribution in [2.75, 3.05) is 19.7 Å². The van der Waals surface area contributed by atoms with E-state index in [4.69, 9.17) is 9.47 Å². The summed E-state index contributed by atoms with van der Waals surface area (Å²) in [7, 11) is -1.05. The first-order valence-corrected chi connectivity index (χ1v) is 12.5. The summed E-state index contributed by atoms with van der Waals surface area (Å²) in [6.45, 7) is 10.4. The second kappa shape index (κ2) is 7.63. The average Bonchev–Trinajstić information content (AvgIpc) is 2.96. The van der Waals surface area contributed by atoms with E-state index in [0.29, 0.717) is 12.6 Å². The van der Waals surface area contributed by atoms with Gasteiger partial charge in [0.05, 0.1) is 5.39 Å². The zero-order chi connectivity index (χ0) is 17.0. The van der Waals surface area contributed by atoms with Gasteiger partial charge in [-0.3, -0.25) is 0 Å². The molecule has 7 heteroatoms. The van der Waals surface area contributed by atoms with Gasteiger partial charge in [-0.25, -0.2) is 9.97 Å².